The van der Waals surface area contributed by atoms with E-state index in [0.29, 0.717) is 6.42 Å². The Morgan fingerprint density at radius 2 is 1.71 bits per heavy atom. The monoisotopic (exact) mass is 196 g/mol. The van der Waals surface area contributed by atoms with Gasteiger partial charge in [0.15, 0.2) is 6.29 Å². The topological polar surface area (TPSA) is 38.7 Å². The van der Waals surface area contributed by atoms with Crippen molar-refractivity contribution in [3.63, 3.8) is 0 Å². The van der Waals surface area contributed by atoms with Crippen molar-refractivity contribution in [2.45, 2.75) is 18.8 Å². The van der Waals surface area contributed by atoms with Gasteiger partial charge in [-0.25, -0.2) is 0 Å². The molecule has 0 aliphatic carbocycles. The van der Waals surface area contributed by atoms with Crippen LogP contribution in [0.15, 0.2) is 30.3 Å². The number of hydrogen-bond acceptors (Lipinski definition) is 3. The Morgan fingerprint density at radius 3 is 2.21 bits per heavy atom. The van der Waals surface area contributed by atoms with Crippen molar-refractivity contribution in [2.24, 2.45) is 0 Å². The Bertz CT molecular complexity index is 244. The van der Waals surface area contributed by atoms with E-state index in [1.807, 2.05) is 30.3 Å². The third-order valence-corrected chi connectivity index (χ3v) is 2.13. The maximum atomic E-state index is 9.79. The van der Waals surface area contributed by atoms with Crippen molar-refractivity contribution in [1.29, 1.82) is 0 Å². The molecule has 3 heteroatoms. The van der Waals surface area contributed by atoms with Gasteiger partial charge in [0.1, 0.15) is 0 Å². The first-order chi connectivity index (χ1) is 6.77. The van der Waals surface area contributed by atoms with E-state index in [9.17, 15) is 5.11 Å². The first-order valence-electron chi connectivity index (χ1n) is 4.56. The van der Waals surface area contributed by atoms with E-state index in [4.69, 9.17) is 9.47 Å². The standard InChI is InChI=1S/C11H16O3/c1-13-11(14-2)8-10(12)9-6-4-3-5-7-9/h3-7,10-12H,8H2,1-2H3/t10-/m0/s1. The van der Waals surface area contributed by atoms with Crippen molar-refractivity contribution in [3.05, 3.63) is 35.9 Å². The molecule has 1 aromatic carbocycles. The summed E-state index contributed by atoms with van der Waals surface area (Å²) in [6, 6.07) is 9.47. The van der Waals surface area contributed by atoms with Gasteiger partial charge in [-0.3, -0.25) is 0 Å². The zero-order valence-corrected chi connectivity index (χ0v) is 8.51. The van der Waals surface area contributed by atoms with Crippen LogP contribution in [-0.2, 0) is 9.47 Å². The van der Waals surface area contributed by atoms with Crippen molar-refractivity contribution in [2.75, 3.05) is 14.2 Å². The average Bonchev–Trinajstić information content (AvgIpc) is 2.26. The second-order valence-corrected chi connectivity index (χ2v) is 3.06. The van der Waals surface area contributed by atoms with Gasteiger partial charge in [0.25, 0.3) is 0 Å². The molecule has 0 spiro atoms. The molecule has 0 bridgehead atoms. The molecule has 1 N–H and O–H groups in total. The van der Waals surface area contributed by atoms with Crippen LogP contribution in [0.25, 0.3) is 0 Å². The van der Waals surface area contributed by atoms with Crippen LogP contribution in [0.2, 0.25) is 0 Å². The highest BCUT2D eigenvalue weighted by molar-refractivity contribution is 5.17. The lowest BCUT2D eigenvalue weighted by molar-refractivity contribution is -0.123. The lowest BCUT2D eigenvalue weighted by atomic mass is 10.1. The molecular formula is C11H16O3. The molecule has 0 saturated heterocycles. The van der Waals surface area contributed by atoms with Crippen LogP contribution in [0, 0.1) is 0 Å². The Hall–Kier alpha value is -0.900. The summed E-state index contributed by atoms with van der Waals surface area (Å²) in [7, 11) is 3.12. The summed E-state index contributed by atoms with van der Waals surface area (Å²) in [5.41, 5.74) is 0.881. The highest BCUT2D eigenvalue weighted by Crippen LogP contribution is 2.18. The van der Waals surface area contributed by atoms with Gasteiger partial charge in [-0.2, -0.15) is 0 Å². The maximum absolute atomic E-state index is 9.79. The first kappa shape index (κ1) is 11.2. The Kier molecular flexibility index (Phi) is 4.59. The molecule has 14 heavy (non-hydrogen) atoms. The number of aliphatic hydroxyl groups is 1. The number of rotatable bonds is 5. The molecule has 0 radical (unpaired) electrons. The molecule has 0 aliphatic rings. The van der Waals surface area contributed by atoms with Gasteiger partial charge in [0.05, 0.1) is 6.10 Å². The smallest absolute Gasteiger partial charge is 0.159 e. The summed E-state index contributed by atoms with van der Waals surface area (Å²) >= 11 is 0. The number of hydrogen-bond donors (Lipinski definition) is 1. The maximum Gasteiger partial charge on any atom is 0.159 e. The molecule has 1 atom stereocenters. The highest BCUT2D eigenvalue weighted by atomic mass is 16.7. The number of ether oxygens (including phenoxy) is 2. The predicted octanol–water partition coefficient (Wildman–Crippen LogP) is 1.73. The Labute approximate surface area is 84.3 Å². The molecule has 3 nitrogen and oxygen atoms in total. The molecule has 78 valence electrons. The lowest BCUT2D eigenvalue weighted by Crippen LogP contribution is -2.16. The van der Waals surface area contributed by atoms with Gasteiger partial charge < -0.3 is 14.6 Å². The number of benzene rings is 1. The second kappa shape index (κ2) is 5.75. The minimum atomic E-state index is -0.541. The van der Waals surface area contributed by atoms with Crippen LogP contribution in [0.5, 0.6) is 0 Å². The summed E-state index contributed by atoms with van der Waals surface area (Å²) in [5.74, 6) is 0. The van der Waals surface area contributed by atoms with Crippen molar-refractivity contribution >= 4 is 0 Å². The Balaban J connectivity index is 2.54. The first-order valence-corrected chi connectivity index (χ1v) is 4.56. The van der Waals surface area contributed by atoms with Crippen molar-refractivity contribution in [3.8, 4) is 0 Å². The van der Waals surface area contributed by atoms with E-state index in [1.165, 1.54) is 0 Å². The lowest BCUT2D eigenvalue weighted by Gasteiger charge is -2.17. The van der Waals surface area contributed by atoms with E-state index >= 15 is 0 Å². The quantitative estimate of drug-likeness (QED) is 0.729. The van der Waals surface area contributed by atoms with Gasteiger partial charge in [0.2, 0.25) is 0 Å². The summed E-state index contributed by atoms with van der Waals surface area (Å²) in [4.78, 5) is 0. The molecule has 0 unspecified atom stereocenters. The molecular weight excluding hydrogens is 180 g/mol. The third-order valence-electron chi connectivity index (χ3n) is 2.13. The molecule has 0 aromatic heterocycles. The zero-order valence-electron chi connectivity index (χ0n) is 8.51. The van der Waals surface area contributed by atoms with Gasteiger partial charge in [0, 0.05) is 20.6 Å². The second-order valence-electron chi connectivity index (χ2n) is 3.06. The molecule has 0 fully saturated rings. The average molecular weight is 196 g/mol. The normalized spacial score (nSPS) is 13.1. The molecule has 0 amide bonds. The molecule has 1 aromatic rings. The van der Waals surface area contributed by atoms with E-state index < -0.39 is 6.10 Å². The van der Waals surface area contributed by atoms with Gasteiger partial charge in [-0.1, -0.05) is 30.3 Å². The minimum Gasteiger partial charge on any atom is -0.388 e. The van der Waals surface area contributed by atoms with Crippen LogP contribution in [0.3, 0.4) is 0 Å². The molecule has 0 heterocycles. The molecule has 1 rings (SSSR count). The molecule has 0 saturated carbocycles. The number of aliphatic hydroxyl groups excluding tert-OH is 1. The van der Waals surface area contributed by atoms with E-state index in [-0.39, 0.29) is 6.29 Å². The van der Waals surface area contributed by atoms with E-state index in [2.05, 4.69) is 0 Å². The van der Waals surface area contributed by atoms with Gasteiger partial charge in [-0.05, 0) is 5.56 Å². The van der Waals surface area contributed by atoms with Crippen LogP contribution >= 0.6 is 0 Å². The fourth-order valence-corrected chi connectivity index (χ4v) is 1.28. The van der Waals surface area contributed by atoms with Crippen LogP contribution in [0.4, 0.5) is 0 Å². The van der Waals surface area contributed by atoms with Crippen LogP contribution in [-0.4, -0.2) is 25.6 Å². The summed E-state index contributed by atoms with van der Waals surface area (Å²) in [5, 5.41) is 9.79. The van der Waals surface area contributed by atoms with Gasteiger partial charge >= 0.3 is 0 Å². The van der Waals surface area contributed by atoms with E-state index in [1.54, 1.807) is 14.2 Å². The minimum absolute atomic E-state index is 0.356. The fraction of sp³-hybridized carbons (Fsp3) is 0.455. The SMILES string of the molecule is COC(C[C@H](O)c1ccccc1)OC. The van der Waals surface area contributed by atoms with Crippen molar-refractivity contribution < 1.29 is 14.6 Å². The highest BCUT2D eigenvalue weighted by Gasteiger charge is 2.14. The Morgan fingerprint density at radius 1 is 1.14 bits per heavy atom. The van der Waals surface area contributed by atoms with Gasteiger partial charge in [-0.15, -0.1) is 0 Å². The number of methoxy groups -OCH3 is 2. The fourth-order valence-electron chi connectivity index (χ4n) is 1.28. The summed E-state index contributed by atoms with van der Waals surface area (Å²) in [6.45, 7) is 0. The third kappa shape index (κ3) is 3.10. The largest absolute Gasteiger partial charge is 0.388 e. The van der Waals surface area contributed by atoms with Crippen LogP contribution in [0.1, 0.15) is 18.1 Å². The van der Waals surface area contributed by atoms with Crippen LogP contribution < -0.4 is 0 Å². The van der Waals surface area contributed by atoms with E-state index in [0.717, 1.165) is 5.56 Å². The predicted molar refractivity (Wildman–Crippen MR) is 53.8 cm³/mol. The summed E-state index contributed by atoms with van der Waals surface area (Å²) in [6.07, 6.45) is -0.455. The summed E-state index contributed by atoms with van der Waals surface area (Å²) < 4.78 is 10.0. The van der Waals surface area contributed by atoms with Crippen molar-refractivity contribution in [1.82, 2.24) is 0 Å². The zero-order chi connectivity index (χ0) is 10.4. The molecule has 0 aliphatic heterocycles.